The predicted octanol–water partition coefficient (Wildman–Crippen LogP) is 1.13. The van der Waals surface area contributed by atoms with Crippen molar-refractivity contribution in [2.24, 2.45) is 5.73 Å². The van der Waals surface area contributed by atoms with Gasteiger partial charge in [0.15, 0.2) is 5.65 Å². The number of nitrogens with two attached hydrogens (primary N) is 1. The zero-order valence-electron chi connectivity index (χ0n) is 15.6. The molecule has 1 saturated heterocycles. The average molecular weight is 420 g/mol. The van der Waals surface area contributed by atoms with Crippen molar-refractivity contribution in [3.63, 3.8) is 0 Å². The lowest BCUT2D eigenvalue weighted by Crippen LogP contribution is -2.57. The zero-order valence-corrected chi connectivity index (χ0v) is 15.6. The predicted molar refractivity (Wildman–Crippen MR) is 99.8 cm³/mol. The lowest BCUT2D eigenvalue weighted by molar-refractivity contribution is 0.0218. The van der Waals surface area contributed by atoms with Crippen molar-refractivity contribution >= 4 is 11.6 Å². The standard InChI is InChI=1S/C19H19F3N6O2/c20-10-2-3-14(22)12(6-10)15-7-11(21)9-27(15)18(16(23)29)26-19(30)13-8-25-28-5-1-4-24-17(13)28/h1-6,8,11,15-16,18,29H,7,9,23H2,(H,26,30)/t11-,15+,16?,18?/m0/s1. The van der Waals surface area contributed by atoms with E-state index in [0.29, 0.717) is 0 Å². The number of nitrogens with zero attached hydrogens (tertiary/aromatic N) is 4. The van der Waals surface area contributed by atoms with Crippen molar-refractivity contribution in [1.82, 2.24) is 24.8 Å². The fourth-order valence-corrected chi connectivity index (χ4v) is 3.76. The fourth-order valence-electron chi connectivity index (χ4n) is 3.76. The van der Waals surface area contributed by atoms with Gasteiger partial charge in [-0.15, -0.1) is 0 Å². The number of carbonyl (C=O) groups excluding carboxylic acids is 1. The molecule has 4 rings (SSSR count). The van der Waals surface area contributed by atoms with E-state index in [1.807, 2.05) is 0 Å². The number of alkyl halides is 1. The van der Waals surface area contributed by atoms with E-state index >= 15 is 0 Å². The molecule has 2 aromatic heterocycles. The lowest BCUT2D eigenvalue weighted by atomic mass is 10.0. The maximum Gasteiger partial charge on any atom is 0.258 e. The van der Waals surface area contributed by atoms with Gasteiger partial charge in [-0.3, -0.25) is 9.69 Å². The number of amides is 1. The SMILES string of the molecule is NC(O)C(NC(=O)c1cnn2cccnc12)N1C[C@@H](F)C[C@@H]1c1cc(F)ccc1F. The average Bonchev–Trinajstić information content (AvgIpc) is 3.31. The normalized spacial score (nSPS) is 21.6. The van der Waals surface area contributed by atoms with Gasteiger partial charge in [0.05, 0.1) is 6.20 Å². The monoisotopic (exact) mass is 420 g/mol. The number of aliphatic hydroxyl groups excluding tert-OH is 1. The van der Waals surface area contributed by atoms with Crippen molar-refractivity contribution in [1.29, 1.82) is 0 Å². The van der Waals surface area contributed by atoms with E-state index in [0.717, 1.165) is 18.2 Å². The second-order valence-electron chi connectivity index (χ2n) is 7.07. The number of aliphatic hydroxyl groups is 1. The molecule has 4 N–H and O–H groups in total. The third-order valence-corrected chi connectivity index (χ3v) is 5.09. The summed E-state index contributed by atoms with van der Waals surface area (Å²) in [6.07, 6.45) is -0.0148. The van der Waals surface area contributed by atoms with Crippen molar-refractivity contribution < 1.29 is 23.1 Å². The van der Waals surface area contributed by atoms with Crippen LogP contribution < -0.4 is 11.1 Å². The highest BCUT2D eigenvalue weighted by Crippen LogP contribution is 2.36. The summed E-state index contributed by atoms with van der Waals surface area (Å²) in [5.41, 5.74) is 5.97. The van der Waals surface area contributed by atoms with E-state index in [1.54, 1.807) is 12.3 Å². The van der Waals surface area contributed by atoms with Gasteiger partial charge in [-0.1, -0.05) is 0 Å². The molecule has 3 heterocycles. The summed E-state index contributed by atoms with van der Waals surface area (Å²) >= 11 is 0. The smallest absolute Gasteiger partial charge is 0.258 e. The molecule has 158 valence electrons. The van der Waals surface area contributed by atoms with E-state index in [9.17, 15) is 23.1 Å². The van der Waals surface area contributed by atoms with E-state index in [4.69, 9.17) is 5.73 Å². The largest absolute Gasteiger partial charge is 0.375 e. The van der Waals surface area contributed by atoms with Crippen LogP contribution in [0.2, 0.25) is 0 Å². The van der Waals surface area contributed by atoms with Crippen LogP contribution in [0.3, 0.4) is 0 Å². The van der Waals surface area contributed by atoms with Crippen LogP contribution in [-0.4, -0.2) is 55.6 Å². The molecule has 0 radical (unpaired) electrons. The Labute approximate surface area is 169 Å². The first-order chi connectivity index (χ1) is 14.3. The molecule has 4 atom stereocenters. The summed E-state index contributed by atoms with van der Waals surface area (Å²) in [4.78, 5) is 18.2. The molecular weight excluding hydrogens is 401 g/mol. The topological polar surface area (TPSA) is 109 Å². The van der Waals surface area contributed by atoms with Crippen molar-refractivity contribution in [3.8, 4) is 0 Å². The Kier molecular flexibility index (Phi) is 5.41. The second-order valence-corrected chi connectivity index (χ2v) is 7.07. The molecule has 0 bridgehead atoms. The summed E-state index contributed by atoms with van der Waals surface area (Å²) in [5, 5.41) is 16.7. The first kappa shape index (κ1) is 20.3. The minimum atomic E-state index is -1.62. The van der Waals surface area contributed by atoms with E-state index in [2.05, 4.69) is 15.4 Å². The van der Waals surface area contributed by atoms with Crippen LogP contribution in [0.25, 0.3) is 5.65 Å². The van der Waals surface area contributed by atoms with Crippen LogP contribution in [0, 0.1) is 11.6 Å². The van der Waals surface area contributed by atoms with Crippen molar-refractivity contribution in [2.75, 3.05) is 6.54 Å². The number of fused-ring (bicyclic) bond motifs is 1. The van der Waals surface area contributed by atoms with Gasteiger partial charge in [-0.2, -0.15) is 5.10 Å². The van der Waals surface area contributed by atoms with Gasteiger partial charge in [0.1, 0.15) is 35.8 Å². The summed E-state index contributed by atoms with van der Waals surface area (Å²) in [5.74, 6) is -2.05. The molecule has 1 amide bonds. The highest BCUT2D eigenvalue weighted by molar-refractivity contribution is 5.99. The molecule has 1 aliphatic heterocycles. The van der Waals surface area contributed by atoms with Gasteiger partial charge >= 0.3 is 0 Å². The molecule has 1 fully saturated rings. The number of aromatic nitrogens is 3. The molecular formula is C19H19F3N6O2. The summed E-state index contributed by atoms with van der Waals surface area (Å²) < 4.78 is 43.7. The number of hydrogen-bond acceptors (Lipinski definition) is 6. The van der Waals surface area contributed by atoms with E-state index < -0.39 is 42.1 Å². The highest BCUT2D eigenvalue weighted by atomic mass is 19.1. The van der Waals surface area contributed by atoms with Crippen LogP contribution >= 0.6 is 0 Å². The highest BCUT2D eigenvalue weighted by Gasteiger charge is 2.41. The number of rotatable bonds is 5. The molecule has 0 aliphatic carbocycles. The summed E-state index contributed by atoms with van der Waals surface area (Å²) in [6.45, 7) is -0.229. The van der Waals surface area contributed by atoms with Crippen molar-refractivity contribution in [2.45, 2.75) is 31.0 Å². The second kappa shape index (κ2) is 8.01. The molecule has 0 saturated carbocycles. The molecule has 2 unspecified atom stereocenters. The van der Waals surface area contributed by atoms with Crippen LogP contribution in [0.4, 0.5) is 13.2 Å². The third kappa shape index (κ3) is 3.74. The number of nitrogens with one attached hydrogen (secondary N) is 1. The molecule has 1 aliphatic rings. The van der Waals surface area contributed by atoms with Crippen LogP contribution in [-0.2, 0) is 0 Å². The van der Waals surface area contributed by atoms with Crippen LogP contribution in [0.15, 0.2) is 42.9 Å². The Morgan fingerprint density at radius 1 is 1.37 bits per heavy atom. The Morgan fingerprint density at radius 3 is 2.93 bits per heavy atom. The maximum absolute atomic E-state index is 14.3. The first-order valence-electron chi connectivity index (χ1n) is 9.23. The fraction of sp³-hybridized carbons (Fsp3) is 0.316. The Morgan fingerprint density at radius 2 is 2.17 bits per heavy atom. The Balaban J connectivity index is 1.64. The van der Waals surface area contributed by atoms with Gasteiger partial charge in [-0.05, 0) is 30.7 Å². The van der Waals surface area contributed by atoms with E-state index in [-0.39, 0.29) is 29.7 Å². The molecule has 1 aromatic carbocycles. The number of halogens is 3. The van der Waals surface area contributed by atoms with Gasteiger partial charge in [0.2, 0.25) is 0 Å². The number of likely N-dealkylation sites (tertiary alicyclic amines) is 1. The summed E-state index contributed by atoms with van der Waals surface area (Å²) in [7, 11) is 0. The Bertz CT molecular complexity index is 1080. The number of carbonyl (C=O) groups is 1. The molecule has 8 nitrogen and oxygen atoms in total. The first-order valence-corrected chi connectivity index (χ1v) is 9.23. The minimum Gasteiger partial charge on any atom is -0.375 e. The van der Waals surface area contributed by atoms with Crippen LogP contribution in [0.1, 0.15) is 28.4 Å². The molecule has 0 spiro atoms. The van der Waals surface area contributed by atoms with Gasteiger partial charge in [-0.25, -0.2) is 22.7 Å². The maximum atomic E-state index is 14.3. The molecule has 3 aromatic rings. The van der Waals surface area contributed by atoms with Gasteiger partial charge < -0.3 is 16.2 Å². The van der Waals surface area contributed by atoms with E-state index in [1.165, 1.54) is 21.8 Å². The van der Waals surface area contributed by atoms with Crippen LogP contribution in [0.5, 0.6) is 0 Å². The lowest BCUT2D eigenvalue weighted by Gasteiger charge is -2.35. The minimum absolute atomic E-state index is 0.0762. The number of benzene rings is 1. The molecule has 11 heteroatoms. The molecule has 30 heavy (non-hydrogen) atoms. The summed E-state index contributed by atoms with van der Waals surface area (Å²) in [6, 6.07) is 3.59. The van der Waals surface area contributed by atoms with Crippen molar-refractivity contribution in [3.05, 3.63) is 65.6 Å². The zero-order chi connectivity index (χ0) is 21.4. The third-order valence-electron chi connectivity index (χ3n) is 5.09. The van der Waals surface area contributed by atoms with Gasteiger partial charge in [0.25, 0.3) is 5.91 Å². The van der Waals surface area contributed by atoms with Gasteiger partial charge in [0, 0.05) is 30.5 Å². The Hall–Kier alpha value is -3.02. The number of hydrogen-bond donors (Lipinski definition) is 3. The quantitative estimate of drug-likeness (QED) is 0.534.